The summed E-state index contributed by atoms with van der Waals surface area (Å²) in [5.74, 6) is -0.197. The standard InChI is InChI=1S/C22H28N4O3/c1-4-16-10-8-9-13-26(16)20(27)19-14-15(3)23-22(25-19)24-18-12-7-6-11-17(18)21(28)29-5-2/h6-7,11-12,14,16H,4-5,8-10,13H2,1-3H3,(H,23,24,25). The largest absolute Gasteiger partial charge is 0.462 e. The number of amides is 1. The molecule has 7 heteroatoms. The van der Waals surface area contributed by atoms with Crippen LogP contribution in [-0.2, 0) is 4.74 Å². The molecule has 1 unspecified atom stereocenters. The Labute approximate surface area is 171 Å². The molecule has 1 aromatic heterocycles. The number of carbonyl (C=O) groups is 2. The molecular formula is C22H28N4O3. The van der Waals surface area contributed by atoms with E-state index in [4.69, 9.17) is 4.74 Å². The van der Waals surface area contributed by atoms with Gasteiger partial charge in [0.15, 0.2) is 0 Å². The minimum atomic E-state index is -0.418. The summed E-state index contributed by atoms with van der Waals surface area (Å²) >= 11 is 0. The van der Waals surface area contributed by atoms with Crippen LogP contribution in [0.5, 0.6) is 0 Å². The van der Waals surface area contributed by atoms with Crippen molar-refractivity contribution in [3.63, 3.8) is 0 Å². The Hall–Kier alpha value is -2.96. The number of hydrogen-bond acceptors (Lipinski definition) is 6. The molecule has 0 radical (unpaired) electrons. The maximum atomic E-state index is 13.1. The fourth-order valence-corrected chi connectivity index (χ4v) is 3.67. The Balaban J connectivity index is 1.87. The lowest BCUT2D eigenvalue weighted by Gasteiger charge is -2.35. The monoisotopic (exact) mass is 396 g/mol. The Morgan fingerprint density at radius 1 is 1.21 bits per heavy atom. The van der Waals surface area contributed by atoms with Gasteiger partial charge in [0.1, 0.15) is 5.69 Å². The summed E-state index contributed by atoms with van der Waals surface area (Å²) in [6, 6.07) is 9.00. The van der Waals surface area contributed by atoms with E-state index in [-0.39, 0.29) is 17.9 Å². The molecular weight excluding hydrogens is 368 g/mol. The van der Waals surface area contributed by atoms with Crippen LogP contribution in [-0.4, -0.2) is 45.9 Å². The first-order chi connectivity index (χ1) is 14.0. The highest BCUT2D eigenvalue weighted by Gasteiger charge is 2.27. The zero-order valence-corrected chi connectivity index (χ0v) is 17.3. The molecule has 0 bridgehead atoms. The van der Waals surface area contributed by atoms with Crippen LogP contribution in [0.1, 0.15) is 66.1 Å². The molecule has 0 aliphatic carbocycles. The summed E-state index contributed by atoms with van der Waals surface area (Å²) in [5.41, 5.74) is 1.99. The average Bonchev–Trinajstić information content (AvgIpc) is 2.73. The second-order valence-corrected chi connectivity index (χ2v) is 7.17. The number of nitrogens with one attached hydrogen (secondary N) is 1. The molecule has 1 amide bonds. The third kappa shape index (κ3) is 4.91. The second kappa shape index (κ2) is 9.49. The molecule has 1 aliphatic rings. The summed E-state index contributed by atoms with van der Waals surface area (Å²) < 4.78 is 5.11. The van der Waals surface area contributed by atoms with Gasteiger partial charge in [0.2, 0.25) is 5.95 Å². The number of rotatable bonds is 6. The van der Waals surface area contributed by atoms with Crippen LogP contribution in [0.3, 0.4) is 0 Å². The number of aryl methyl sites for hydroxylation is 1. The number of likely N-dealkylation sites (tertiary alicyclic amines) is 1. The Kier molecular flexibility index (Phi) is 6.80. The van der Waals surface area contributed by atoms with E-state index in [1.165, 1.54) is 0 Å². The van der Waals surface area contributed by atoms with Gasteiger partial charge in [-0.1, -0.05) is 19.1 Å². The van der Waals surface area contributed by atoms with E-state index in [9.17, 15) is 9.59 Å². The fraction of sp³-hybridized carbons (Fsp3) is 0.455. The number of hydrogen-bond donors (Lipinski definition) is 1. The van der Waals surface area contributed by atoms with Crippen LogP contribution in [0.25, 0.3) is 0 Å². The van der Waals surface area contributed by atoms with Gasteiger partial charge in [-0.25, -0.2) is 14.8 Å². The Bertz CT molecular complexity index is 884. The smallest absolute Gasteiger partial charge is 0.340 e. The van der Waals surface area contributed by atoms with Crippen molar-refractivity contribution < 1.29 is 14.3 Å². The summed E-state index contributed by atoms with van der Waals surface area (Å²) in [6.45, 7) is 6.75. The van der Waals surface area contributed by atoms with Gasteiger partial charge in [0.05, 0.1) is 17.9 Å². The first kappa shape index (κ1) is 20.8. The van der Waals surface area contributed by atoms with E-state index >= 15 is 0 Å². The third-order valence-corrected chi connectivity index (χ3v) is 5.10. The molecule has 1 atom stereocenters. The molecule has 1 aliphatic heterocycles. The molecule has 1 aromatic carbocycles. The number of anilines is 2. The highest BCUT2D eigenvalue weighted by Crippen LogP contribution is 2.23. The highest BCUT2D eigenvalue weighted by atomic mass is 16.5. The number of piperidine rings is 1. The van der Waals surface area contributed by atoms with Gasteiger partial charge in [0.25, 0.3) is 5.91 Å². The maximum absolute atomic E-state index is 13.1. The number of carbonyl (C=O) groups excluding carboxylic acids is 2. The average molecular weight is 396 g/mol. The molecule has 29 heavy (non-hydrogen) atoms. The Morgan fingerprint density at radius 3 is 2.76 bits per heavy atom. The molecule has 7 nitrogen and oxygen atoms in total. The predicted molar refractivity (Wildman–Crippen MR) is 111 cm³/mol. The summed E-state index contributed by atoms with van der Waals surface area (Å²) in [6.07, 6.45) is 4.14. The number of esters is 1. The minimum absolute atomic E-state index is 0.0659. The normalized spacial score (nSPS) is 16.4. The maximum Gasteiger partial charge on any atom is 0.340 e. The number of para-hydroxylation sites is 1. The van der Waals surface area contributed by atoms with Crippen molar-refractivity contribution in [2.24, 2.45) is 0 Å². The van der Waals surface area contributed by atoms with Crippen molar-refractivity contribution in [2.75, 3.05) is 18.5 Å². The zero-order chi connectivity index (χ0) is 20.8. The highest BCUT2D eigenvalue weighted by molar-refractivity contribution is 5.96. The molecule has 0 saturated carbocycles. The van der Waals surface area contributed by atoms with E-state index in [0.29, 0.717) is 29.2 Å². The lowest BCUT2D eigenvalue weighted by molar-refractivity contribution is 0.0526. The van der Waals surface area contributed by atoms with Gasteiger partial charge in [-0.05, 0) is 57.7 Å². The van der Waals surface area contributed by atoms with Gasteiger partial charge in [0, 0.05) is 18.3 Å². The van der Waals surface area contributed by atoms with Gasteiger partial charge in [-0.3, -0.25) is 4.79 Å². The molecule has 1 fully saturated rings. The minimum Gasteiger partial charge on any atom is -0.462 e. The van der Waals surface area contributed by atoms with Crippen LogP contribution in [0.4, 0.5) is 11.6 Å². The first-order valence-corrected chi connectivity index (χ1v) is 10.2. The number of aromatic nitrogens is 2. The molecule has 154 valence electrons. The fourth-order valence-electron chi connectivity index (χ4n) is 3.67. The SMILES string of the molecule is CCOC(=O)c1ccccc1Nc1nc(C)cc(C(=O)N2CCCCC2CC)n1. The molecule has 1 saturated heterocycles. The van der Waals surface area contributed by atoms with Crippen LogP contribution >= 0.6 is 0 Å². The summed E-state index contributed by atoms with van der Waals surface area (Å²) in [5, 5.41) is 3.08. The molecule has 0 spiro atoms. The first-order valence-electron chi connectivity index (χ1n) is 10.2. The van der Waals surface area contributed by atoms with Crippen molar-refractivity contribution >= 4 is 23.5 Å². The van der Waals surface area contributed by atoms with Gasteiger partial charge in [-0.15, -0.1) is 0 Å². The topological polar surface area (TPSA) is 84.4 Å². The van der Waals surface area contributed by atoms with E-state index in [1.54, 1.807) is 31.2 Å². The van der Waals surface area contributed by atoms with Crippen molar-refractivity contribution in [3.8, 4) is 0 Å². The van der Waals surface area contributed by atoms with E-state index in [0.717, 1.165) is 32.2 Å². The van der Waals surface area contributed by atoms with Crippen molar-refractivity contribution in [1.82, 2.24) is 14.9 Å². The van der Waals surface area contributed by atoms with E-state index in [2.05, 4.69) is 22.2 Å². The quantitative estimate of drug-likeness (QED) is 0.740. The van der Waals surface area contributed by atoms with Gasteiger partial charge >= 0.3 is 5.97 Å². The number of nitrogens with zero attached hydrogens (tertiary/aromatic N) is 3. The zero-order valence-electron chi connectivity index (χ0n) is 17.3. The molecule has 2 heterocycles. The van der Waals surface area contributed by atoms with E-state index in [1.807, 2.05) is 17.9 Å². The number of benzene rings is 1. The van der Waals surface area contributed by atoms with Crippen molar-refractivity contribution in [1.29, 1.82) is 0 Å². The van der Waals surface area contributed by atoms with Gasteiger partial charge in [-0.2, -0.15) is 0 Å². The lowest BCUT2D eigenvalue weighted by atomic mass is 9.99. The van der Waals surface area contributed by atoms with E-state index < -0.39 is 5.97 Å². The summed E-state index contributed by atoms with van der Waals surface area (Å²) in [4.78, 5) is 36.1. The molecule has 2 aromatic rings. The Morgan fingerprint density at radius 2 is 2.00 bits per heavy atom. The van der Waals surface area contributed by atoms with Crippen LogP contribution in [0.15, 0.2) is 30.3 Å². The lowest BCUT2D eigenvalue weighted by Crippen LogP contribution is -2.43. The van der Waals surface area contributed by atoms with Crippen molar-refractivity contribution in [2.45, 2.75) is 52.5 Å². The van der Waals surface area contributed by atoms with Crippen LogP contribution < -0.4 is 5.32 Å². The van der Waals surface area contributed by atoms with Crippen LogP contribution in [0, 0.1) is 6.92 Å². The molecule has 1 N–H and O–H groups in total. The third-order valence-electron chi connectivity index (χ3n) is 5.10. The molecule has 3 rings (SSSR count). The number of ether oxygens (including phenoxy) is 1. The second-order valence-electron chi connectivity index (χ2n) is 7.17. The van der Waals surface area contributed by atoms with Crippen LogP contribution in [0.2, 0.25) is 0 Å². The summed E-state index contributed by atoms with van der Waals surface area (Å²) in [7, 11) is 0. The van der Waals surface area contributed by atoms with Crippen molar-refractivity contribution in [3.05, 3.63) is 47.3 Å². The predicted octanol–water partition coefficient (Wildman–Crippen LogP) is 4.11. The van der Waals surface area contributed by atoms with Gasteiger partial charge < -0.3 is 15.0 Å².